The molecular formula is C16H26N2S. The Hall–Kier alpha value is -0.670. The number of hydrogen-bond acceptors (Lipinski definition) is 3. The molecule has 2 N–H and O–H groups in total. The molecule has 1 aliphatic carbocycles. The Bertz CT molecular complexity index is 419. The van der Waals surface area contributed by atoms with Crippen LogP contribution in [0, 0.1) is 5.92 Å². The maximum Gasteiger partial charge on any atom is 0.0422 e. The molecule has 0 saturated heterocycles. The van der Waals surface area contributed by atoms with Gasteiger partial charge in [0.2, 0.25) is 0 Å². The summed E-state index contributed by atoms with van der Waals surface area (Å²) in [6.07, 6.45) is 7.49. The van der Waals surface area contributed by atoms with Crippen LogP contribution in [-0.2, 0) is 6.54 Å². The van der Waals surface area contributed by atoms with Crippen molar-refractivity contribution in [2.75, 3.05) is 18.2 Å². The Morgan fingerprint density at radius 3 is 2.79 bits per heavy atom. The van der Waals surface area contributed by atoms with Crippen molar-refractivity contribution in [3.63, 3.8) is 0 Å². The highest BCUT2D eigenvalue weighted by Crippen LogP contribution is 2.34. The van der Waals surface area contributed by atoms with Crippen LogP contribution in [0.5, 0.6) is 0 Å². The normalized spacial score (nSPS) is 23.4. The summed E-state index contributed by atoms with van der Waals surface area (Å²) in [6.45, 7) is 3.00. The Morgan fingerprint density at radius 2 is 2.16 bits per heavy atom. The summed E-state index contributed by atoms with van der Waals surface area (Å²) in [5.41, 5.74) is 8.61. The molecule has 0 bridgehead atoms. The zero-order valence-corrected chi connectivity index (χ0v) is 13.2. The number of rotatable bonds is 4. The fourth-order valence-corrected chi connectivity index (χ4v) is 3.88. The van der Waals surface area contributed by atoms with Crippen LogP contribution in [0.15, 0.2) is 23.1 Å². The standard InChI is InChI=1S/C16H26N2S/c1-12-6-4-7-13(10-12)18(2)15-8-5-9-16(19-3)14(15)11-17/h5,8-9,12-13H,4,6-7,10-11,17H2,1-3H3. The van der Waals surface area contributed by atoms with Crippen molar-refractivity contribution in [3.05, 3.63) is 23.8 Å². The highest BCUT2D eigenvalue weighted by atomic mass is 32.2. The van der Waals surface area contributed by atoms with Gasteiger partial charge in [-0.25, -0.2) is 0 Å². The number of thioether (sulfide) groups is 1. The first-order chi connectivity index (χ1) is 9.17. The van der Waals surface area contributed by atoms with E-state index in [-0.39, 0.29) is 0 Å². The van der Waals surface area contributed by atoms with E-state index in [1.54, 1.807) is 11.8 Å². The molecule has 0 spiro atoms. The van der Waals surface area contributed by atoms with Crippen molar-refractivity contribution in [3.8, 4) is 0 Å². The molecule has 3 heteroatoms. The van der Waals surface area contributed by atoms with E-state index in [0.717, 1.165) is 5.92 Å². The second-order valence-electron chi connectivity index (χ2n) is 5.70. The van der Waals surface area contributed by atoms with Crippen LogP contribution in [0.2, 0.25) is 0 Å². The Morgan fingerprint density at radius 1 is 1.37 bits per heavy atom. The summed E-state index contributed by atoms with van der Waals surface area (Å²) in [5, 5.41) is 0. The van der Waals surface area contributed by atoms with Crippen LogP contribution in [0.4, 0.5) is 5.69 Å². The zero-order valence-electron chi connectivity index (χ0n) is 12.4. The lowest BCUT2D eigenvalue weighted by molar-refractivity contribution is 0.336. The largest absolute Gasteiger partial charge is 0.371 e. The minimum atomic E-state index is 0.624. The Kier molecular flexibility index (Phi) is 5.17. The van der Waals surface area contributed by atoms with Gasteiger partial charge in [-0.1, -0.05) is 25.8 Å². The van der Waals surface area contributed by atoms with E-state index in [9.17, 15) is 0 Å². The number of hydrogen-bond donors (Lipinski definition) is 1. The monoisotopic (exact) mass is 278 g/mol. The molecule has 1 aromatic rings. The molecule has 2 atom stereocenters. The van der Waals surface area contributed by atoms with Crippen LogP contribution in [0.3, 0.4) is 0 Å². The lowest BCUT2D eigenvalue weighted by Gasteiger charge is -2.36. The van der Waals surface area contributed by atoms with Gasteiger partial charge in [0, 0.05) is 35.8 Å². The van der Waals surface area contributed by atoms with Gasteiger partial charge in [0.15, 0.2) is 0 Å². The fourth-order valence-electron chi connectivity index (χ4n) is 3.23. The van der Waals surface area contributed by atoms with Crippen LogP contribution in [0.25, 0.3) is 0 Å². The van der Waals surface area contributed by atoms with Gasteiger partial charge in [-0.3, -0.25) is 0 Å². The quantitative estimate of drug-likeness (QED) is 0.847. The van der Waals surface area contributed by atoms with E-state index in [1.807, 2.05) is 0 Å². The number of benzene rings is 1. The molecule has 0 amide bonds. The molecule has 2 unspecified atom stereocenters. The molecule has 0 radical (unpaired) electrons. The van der Waals surface area contributed by atoms with E-state index in [0.29, 0.717) is 12.6 Å². The lowest BCUT2D eigenvalue weighted by atomic mass is 9.86. The van der Waals surface area contributed by atoms with Gasteiger partial charge in [-0.05, 0) is 37.1 Å². The maximum atomic E-state index is 5.98. The van der Waals surface area contributed by atoms with Gasteiger partial charge in [0.05, 0.1) is 0 Å². The van der Waals surface area contributed by atoms with Gasteiger partial charge in [0.25, 0.3) is 0 Å². The maximum absolute atomic E-state index is 5.98. The van der Waals surface area contributed by atoms with E-state index in [4.69, 9.17) is 5.73 Å². The molecule has 106 valence electrons. The predicted molar refractivity (Wildman–Crippen MR) is 85.9 cm³/mol. The molecule has 0 aromatic heterocycles. The average Bonchev–Trinajstić information content (AvgIpc) is 2.45. The summed E-state index contributed by atoms with van der Waals surface area (Å²) in [6, 6.07) is 7.23. The van der Waals surface area contributed by atoms with Crippen LogP contribution in [-0.4, -0.2) is 19.3 Å². The van der Waals surface area contributed by atoms with Crippen LogP contribution < -0.4 is 10.6 Å². The second-order valence-corrected chi connectivity index (χ2v) is 6.55. The fraction of sp³-hybridized carbons (Fsp3) is 0.625. The van der Waals surface area contributed by atoms with E-state index in [1.165, 1.54) is 41.8 Å². The van der Waals surface area contributed by atoms with E-state index >= 15 is 0 Å². The van der Waals surface area contributed by atoms with E-state index in [2.05, 4.69) is 43.3 Å². The van der Waals surface area contributed by atoms with Gasteiger partial charge in [0.1, 0.15) is 0 Å². The van der Waals surface area contributed by atoms with Crippen LogP contribution in [0.1, 0.15) is 38.2 Å². The smallest absolute Gasteiger partial charge is 0.0422 e. The molecule has 2 nitrogen and oxygen atoms in total. The Labute approximate surface area is 121 Å². The van der Waals surface area contributed by atoms with Crippen molar-refractivity contribution >= 4 is 17.4 Å². The van der Waals surface area contributed by atoms with E-state index < -0.39 is 0 Å². The second kappa shape index (κ2) is 6.67. The average molecular weight is 278 g/mol. The molecule has 1 fully saturated rings. The summed E-state index contributed by atoms with van der Waals surface area (Å²) in [7, 11) is 2.24. The van der Waals surface area contributed by atoms with Crippen molar-refractivity contribution in [2.24, 2.45) is 11.7 Å². The van der Waals surface area contributed by atoms with Gasteiger partial charge in [-0.15, -0.1) is 11.8 Å². The third kappa shape index (κ3) is 3.26. The summed E-state index contributed by atoms with van der Waals surface area (Å²) >= 11 is 1.79. The molecule has 0 heterocycles. The van der Waals surface area contributed by atoms with Crippen LogP contribution >= 0.6 is 11.8 Å². The predicted octanol–water partition coefficient (Wildman–Crippen LogP) is 3.88. The Balaban J connectivity index is 2.25. The number of nitrogens with two attached hydrogens (primary N) is 1. The summed E-state index contributed by atoms with van der Waals surface area (Å²) in [4.78, 5) is 3.79. The number of nitrogens with zero attached hydrogens (tertiary/aromatic N) is 1. The van der Waals surface area contributed by atoms with Crippen molar-refractivity contribution in [2.45, 2.75) is 50.1 Å². The molecular weight excluding hydrogens is 252 g/mol. The first kappa shape index (κ1) is 14.7. The minimum absolute atomic E-state index is 0.624. The zero-order chi connectivity index (χ0) is 13.8. The molecule has 0 aliphatic heterocycles. The highest BCUT2D eigenvalue weighted by Gasteiger charge is 2.24. The van der Waals surface area contributed by atoms with Crippen molar-refractivity contribution in [1.82, 2.24) is 0 Å². The van der Waals surface area contributed by atoms with Crippen molar-refractivity contribution in [1.29, 1.82) is 0 Å². The third-order valence-electron chi connectivity index (χ3n) is 4.37. The summed E-state index contributed by atoms with van der Waals surface area (Å²) < 4.78 is 0. The summed E-state index contributed by atoms with van der Waals surface area (Å²) in [5.74, 6) is 0.853. The molecule has 19 heavy (non-hydrogen) atoms. The van der Waals surface area contributed by atoms with Gasteiger partial charge >= 0.3 is 0 Å². The van der Waals surface area contributed by atoms with Gasteiger partial charge in [-0.2, -0.15) is 0 Å². The molecule has 2 rings (SSSR count). The first-order valence-corrected chi connectivity index (χ1v) is 8.48. The number of anilines is 1. The molecule has 1 aromatic carbocycles. The highest BCUT2D eigenvalue weighted by molar-refractivity contribution is 7.98. The third-order valence-corrected chi connectivity index (χ3v) is 5.19. The lowest BCUT2D eigenvalue weighted by Crippen LogP contribution is -2.36. The first-order valence-electron chi connectivity index (χ1n) is 7.26. The molecule has 1 aliphatic rings. The minimum Gasteiger partial charge on any atom is -0.371 e. The SMILES string of the molecule is CSc1cccc(N(C)C2CCCC(C)C2)c1CN. The topological polar surface area (TPSA) is 29.3 Å². The van der Waals surface area contributed by atoms with Gasteiger partial charge < -0.3 is 10.6 Å². The molecule has 1 saturated carbocycles. The van der Waals surface area contributed by atoms with Crippen molar-refractivity contribution < 1.29 is 0 Å².